The number of unbranched alkanes of at least 4 members (excludes halogenated alkanes) is 1. The van der Waals surface area contributed by atoms with Gasteiger partial charge in [0, 0.05) is 25.1 Å². The van der Waals surface area contributed by atoms with Crippen molar-refractivity contribution in [3.8, 4) is 0 Å². The Labute approximate surface area is 117 Å². The molecule has 106 valence electrons. The first-order valence-electron chi connectivity index (χ1n) is 6.67. The summed E-state index contributed by atoms with van der Waals surface area (Å²) in [4.78, 5) is 16.8. The third kappa shape index (κ3) is 3.67. The second-order valence-corrected chi connectivity index (χ2v) is 5.82. The highest BCUT2D eigenvalue weighted by Gasteiger charge is 2.29. The number of hydrogen-bond donors (Lipinski definition) is 2. The average molecular weight is 284 g/mol. The predicted octanol–water partition coefficient (Wildman–Crippen LogP) is 2.49. The molecule has 0 amide bonds. The van der Waals surface area contributed by atoms with Crippen LogP contribution >= 0.6 is 11.3 Å². The highest BCUT2D eigenvalue weighted by Crippen LogP contribution is 2.36. The van der Waals surface area contributed by atoms with E-state index < -0.39 is 11.9 Å². The zero-order valence-corrected chi connectivity index (χ0v) is 12.0. The fraction of sp³-hybridized carbons (Fsp3) is 0.692. The molecule has 0 spiro atoms. The van der Waals surface area contributed by atoms with Gasteiger partial charge in [0.2, 0.25) is 0 Å². The Morgan fingerprint density at radius 2 is 2.42 bits per heavy atom. The van der Waals surface area contributed by atoms with Crippen LogP contribution in [0.2, 0.25) is 0 Å². The van der Waals surface area contributed by atoms with E-state index in [0.717, 1.165) is 54.5 Å². The van der Waals surface area contributed by atoms with Crippen molar-refractivity contribution in [1.82, 2.24) is 4.98 Å². The first kappa shape index (κ1) is 14.3. The van der Waals surface area contributed by atoms with Crippen LogP contribution in [0.25, 0.3) is 0 Å². The Bertz CT molecular complexity index is 434. The van der Waals surface area contributed by atoms with Crippen molar-refractivity contribution in [1.29, 1.82) is 0 Å². The van der Waals surface area contributed by atoms with Crippen LogP contribution in [0.1, 0.15) is 42.2 Å². The van der Waals surface area contributed by atoms with E-state index in [1.807, 2.05) is 0 Å². The molecule has 0 aromatic carbocycles. The lowest BCUT2D eigenvalue weighted by molar-refractivity contribution is -0.139. The molecule has 1 aliphatic rings. The number of fused-ring (bicyclic) bond motifs is 1. The highest BCUT2D eigenvalue weighted by atomic mass is 32.1. The third-order valence-electron chi connectivity index (χ3n) is 3.30. The third-order valence-corrected chi connectivity index (χ3v) is 4.39. The van der Waals surface area contributed by atoms with Gasteiger partial charge in [-0.3, -0.25) is 4.79 Å². The predicted molar refractivity (Wildman–Crippen MR) is 75.0 cm³/mol. The molecule has 1 aromatic heterocycles. The standard InChI is InChI=1S/C13H20N2O3S/c1-18-8-3-2-7-14-13-15-11-9(12(16)17)5-4-6-10(11)19-13/h9H,2-8H2,1H3,(H,14,15)(H,16,17). The molecule has 19 heavy (non-hydrogen) atoms. The number of carbonyl (C=O) groups is 1. The van der Waals surface area contributed by atoms with Gasteiger partial charge in [-0.2, -0.15) is 0 Å². The number of carboxylic acid groups (broad SMARTS) is 1. The number of aryl methyl sites for hydroxylation is 1. The van der Waals surface area contributed by atoms with E-state index >= 15 is 0 Å². The number of thiazole rings is 1. The summed E-state index contributed by atoms with van der Waals surface area (Å²) in [5, 5.41) is 13.3. The van der Waals surface area contributed by atoms with Gasteiger partial charge in [0.25, 0.3) is 0 Å². The largest absolute Gasteiger partial charge is 0.481 e. The van der Waals surface area contributed by atoms with Crippen molar-refractivity contribution in [2.24, 2.45) is 0 Å². The molecule has 1 unspecified atom stereocenters. The van der Waals surface area contributed by atoms with Gasteiger partial charge in [0.1, 0.15) is 5.92 Å². The highest BCUT2D eigenvalue weighted by molar-refractivity contribution is 7.15. The number of aliphatic carboxylic acids is 1. The number of nitrogens with one attached hydrogen (secondary N) is 1. The van der Waals surface area contributed by atoms with E-state index in [2.05, 4.69) is 10.3 Å². The Hall–Kier alpha value is -1.14. The van der Waals surface area contributed by atoms with Gasteiger partial charge < -0.3 is 15.2 Å². The number of aromatic nitrogens is 1. The summed E-state index contributed by atoms with van der Waals surface area (Å²) in [6, 6.07) is 0. The molecule has 6 heteroatoms. The molecule has 0 bridgehead atoms. The van der Waals surface area contributed by atoms with Gasteiger partial charge in [-0.05, 0) is 32.1 Å². The van der Waals surface area contributed by atoms with Crippen molar-refractivity contribution < 1.29 is 14.6 Å². The van der Waals surface area contributed by atoms with Crippen molar-refractivity contribution >= 4 is 22.4 Å². The van der Waals surface area contributed by atoms with Crippen LogP contribution in [0.15, 0.2) is 0 Å². The number of rotatable bonds is 7. The lowest BCUT2D eigenvalue weighted by Gasteiger charge is -2.16. The second kappa shape index (κ2) is 6.86. The van der Waals surface area contributed by atoms with Gasteiger partial charge in [0.05, 0.1) is 5.69 Å². The summed E-state index contributed by atoms with van der Waals surface area (Å²) in [6.45, 7) is 1.63. The van der Waals surface area contributed by atoms with Gasteiger partial charge >= 0.3 is 5.97 Å². The maximum absolute atomic E-state index is 11.2. The molecule has 5 nitrogen and oxygen atoms in total. The number of methoxy groups -OCH3 is 1. The molecule has 1 aromatic rings. The van der Waals surface area contributed by atoms with Crippen molar-refractivity contribution in [3.63, 3.8) is 0 Å². The summed E-state index contributed by atoms with van der Waals surface area (Å²) in [5.41, 5.74) is 0.781. The Balaban J connectivity index is 1.91. The summed E-state index contributed by atoms with van der Waals surface area (Å²) >= 11 is 1.60. The van der Waals surface area contributed by atoms with E-state index in [0.29, 0.717) is 6.42 Å². The molecule has 1 heterocycles. The maximum Gasteiger partial charge on any atom is 0.312 e. The summed E-state index contributed by atoms with van der Waals surface area (Å²) in [7, 11) is 1.70. The van der Waals surface area contributed by atoms with Crippen LogP contribution in [0.3, 0.4) is 0 Å². The Morgan fingerprint density at radius 1 is 1.58 bits per heavy atom. The van der Waals surface area contributed by atoms with E-state index in [9.17, 15) is 9.90 Å². The number of hydrogen-bond acceptors (Lipinski definition) is 5. The summed E-state index contributed by atoms with van der Waals surface area (Å²) in [6.07, 6.45) is 4.66. The number of ether oxygens (including phenoxy) is 1. The van der Waals surface area contributed by atoms with E-state index in [1.54, 1.807) is 18.4 Å². The van der Waals surface area contributed by atoms with Crippen LogP contribution in [-0.4, -0.2) is 36.3 Å². The first-order valence-corrected chi connectivity index (χ1v) is 7.49. The smallest absolute Gasteiger partial charge is 0.312 e. The minimum atomic E-state index is -0.752. The molecule has 0 fully saturated rings. The van der Waals surface area contributed by atoms with E-state index in [1.165, 1.54) is 0 Å². The second-order valence-electron chi connectivity index (χ2n) is 4.74. The van der Waals surface area contributed by atoms with Gasteiger partial charge in [0.15, 0.2) is 5.13 Å². The minimum Gasteiger partial charge on any atom is -0.481 e. The average Bonchev–Trinajstić information content (AvgIpc) is 2.80. The Morgan fingerprint density at radius 3 is 3.16 bits per heavy atom. The fourth-order valence-electron chi connectivity index (χ4n) is 2.30. The van der Waals surface area contributed by atoms with Crippen molar-refractivity contribution in [2.75, 3.05) is 25.6 Å². The lowest BCUT2D eigenvalue weighted by Crippen LogP contribution is -2.17. The van der Waals surface area contributed by atoms with Crippen molar-refractivity contribution in [2.45, 2.75) is 38.0 Å². The zero-order valence-electron chi connectivity index (χ0n) is 11.1. The van der Waals surface area contributed by atoms with Crippen LogP contribution in [0.5, 0.6) is 0 Å². The zero-order chi connectivity index (χ0) is 13.7. The normalized spacial score (nSPS) is 18.1. The number of nitrogens with zero attached hydrogens (tertiary/aromatic N) is 1. The molecule has 0 saturated carbocycles. The summed E-state index contributed by atoms with van der Waals surface area (Å²) < 4.78 is 4.99. The molecule has 2 rings (SSSR count). The van der Waals surface area contributed by atoms with Crippen LogP contribution in [-0.2, 0) is 16.0 Å². The van der Waals surface area contributed by atoms with Crippen LogP contribution < -0.4 is 5.32 Å². The molecule has 1 aliphatic carbocycles. The molecule has 0 saturated heterocycles. The quantitative estimate of drug-likeness (QED) is 0.753. The molecule has 0 radical (unpaired) electrons. The molecular weight excluding hydrogens is 264 g/mol. The SMILES string of the molecule is COCCCCNc1nc2c(s1)CCCC2C(=O)O. The molecule has 2 N–H and O–H groups in total. The van der Waals surface area contributed by atoms with Crippen LogP contribution in [0.4, 0.5) is 5.13 Å². The van der Waals surface area contributed by atoms with Crippen molar-refractivity contribution in [3.05, 3.63) is 10.6 Å². The number of carboxylic acids is 1. The van der Waals surface area contributed by atoms with Gasteiger partial charge in [-0.25, -0.2) is 4.98 Å². The van der Waals surface area contributed by atoms with Crippen LogP contribution in [0, 0.1) is 0 Å². The molecule has 1 atom stereocenters. The van der Waals surface area contributed by atoms with Gasteiger partial charge in [-0.15, -0.1) is 11.3 Å². The topological polar surface area (TPSA) is 71.5 Å². The van der Waals surface area contributed by atoms with E-state index in [-0.39, 0.29) is 0 Å². The molecule has 0 aliphatic heterocycles. The maximum atomic E-state index is 11.2. The summed E-state index contributed by atoms with van der Waals surface area (Å²) in [5.74, 6) is -1.16. The number of anilines is 1. The van der Waals surface area contributed by atoms with Gasteiger partial charge in [-0.1, -0.05) is 0 Å². The fourth-order valence-corrected chi connectivity index (χ4v) is 3.39. The first-order chi connectivity index (χ1) is 9.22. The monoisotopic (exact) mass is 284 g/mol. The lowest BCUT2D eigenvalue weighted by atomic mass is 9.91. The molecular formula is C13H20N2O3S. The Kier molecular flexibility index (Phi) is 5.15. The van der Waals surface area contributed by atoms with E-state index in [4.69, 9.17) is 4.74 Å². The minimum absolute atomic E-state index is 0.413.